The van der Waals surface area contributed by atoms with Crippen molar-refractivity contribution in [3.8, 4) is 5.75 Å². The fourth-order valence-electron chi connectivity index (χ4n) is 2.75. The topological polar surface area (TPSA) is 75.3 Å². The minimum Gasteiger partial charge on any atom is -0.507 e. The van der Waals surface area contributed by atoms with Crippen LogP contribution in [0.25, 0.3) is 16.7 Å². The van der Waals surface area contributed by atoms with E-state index >= 15 is 0 Å². The van der Waals surface area contributed by atoms with Crippen LogP contribution in [-0.4, -0.2) is 40.8 Å². The van der Waals surface area contributed by atoms with Gasteiger partial charge in [-0.05, 0) is 52.8 Å². The van der Waals surface area contributed by atoms with Gasteiger partial charge in [0.05, 0.1) is 17.6 Å². The van der Waals surface area contributed by atoms with E-state index in [-0.39, 0.29) is 11.7 Å². The van der Waals surface area contributed by atoms with Crippen LogP contribution in [0.15, 0.2) is 37.0 Å². The number of aromatic hydroxyl groups is 1. The third kappa shape index (κ3) is 2.32. The Balaban J connectivity index is 1.87. The molecule has 124 valence electrons. The highest BCUT2D eigenvalue weighted by Crippen LogP contribution is 2.44. The van der Waals surface area contributed by atoms with Gasteiger partial charge in [-0.3, -0.25) is 4.99 Å². The maximum atomic E-state index is 12.3. The Kier molecular flexibility index (Phi) is 3.80. The van der Waals surface area contributed by atoms with E-state index in [4.69, 9.17) is 9.15 Å². The fourth-order valence-corrected chi connectivity index (χ4v) is 4.27. The van der Waals surface area contributed by atoms with E-state index in [9.17, 15) is 9.90 Å². The molecular weight excluding hydrogens is 396 g/mol. The van der Waals surface area contributed by atoms with Crippen LogP contribution < -0.4 is 0 Å². The molecule has 0 saturated heterocycles. The summed E-state index contributed by atoms with van der Waals surface area (Å²) in [7, 11) is 0. The molecule has 0 saturated carbocycles. The highest BCUT2D eigenvalue weighted by Gasteiger charge is 2.38. The normalized spacial score (nSPS) is 16.8. The van der Waals surface area contributed by atoms with Crippen molar-refractivity contribution in [2.75, 3.05) is 19.7 Å². The zero-order chi connectivity index (χ0) is 16.8. The molecule has 0 radical (unpaired) electrons. The Morgan fingerprint density at radius 3 is 3.17 bits per heavy atom. The van der Waals surface area contributed by atoms with E-state index in [1.807, 2.05) is 11.0 Å². The van der Waals surface area contributed by atoms with Gasteiger partial charge in [0.15, 0.2) is 10.9 Å². The molecular formula is C16H13BrN2O4S. The van der Waals surface area contributed by atoms with Gasteiger partial charge in [0.25, 0.3) is 0 Å². The number of aliphatic imine (C=N–C) groups is 1. The first-order valence-corrected chi connectivity index (χ1v) is 9.03. The summed E-state index contributed by atoms with van der Waals surface area (Å²) < 4.78 is 11.7. The lowest BCUT2D eigenvalue weighted by Crippen LogP contribution is -2.20. The molecule has 2 aliphatic rings. The Hall–Kier alpha value is -1.93. The number of esters is 1. The van der Waals surface area contributed by atoms with Crippen LogP contribution in [0, 0.1) is 0 Å². The van der Waals surface area contributed by atoms with Gasteiger partial charge in [0, 0.05) is 11.9 Å². The van der Waals surface area contributed by atoms with Crippen molar-refractivity contribution in [3.63, 3.8) is 0 Å². The van der Waals surface area contributed by atoms with Crippen molar-refractivity contribution in [1.29, 1.82) is 0 Å². The molecule has 0 spiro atoms. The standard InChI is InChI=1S/C16H13BrN2O4S/c1-2-22-15(21)14-13(19-6-5-18-16(19)24-14)11-7-8-10(23-11)4-3-9(20)12(8)17/h3-4,7,20H,2,5-6H2,1H3. The number of benzene rings is 1. The summed E-state index contributed by atoms with van der Waals surface area (Å²) in [6, 6.07) is 5.08. The molecule has 1 N–H and O–H groups in total. The largest absolute Gasteiger partial charge is 0.507 e. The first-order valence-electron chi connectivity index (χ1n) is 7.42. The maximum Gasteiger partial charge on any atom is 0.347 e. The van der Waals surface area contributed by atoms with Gasteiger partial charge in [0.2, 0.25) is 0 Å². The van der Waals surface area contributed by atoms with Crippen molar-refractivity contribution in [3.05, 3.63) is 33.3 Å². The average molecular weight is 409 g/mol. The average Bonchev–Trinajstić information content (AvgIpc) is 3.24. The number of nitrogens with zero attached hydrogens (tertiary/aromatic N) is 2. The number of thioether (sulfide) groups is 1. The van der Waals surface area contributed by atoms with E-state index in [0.717, 1.165) is 10.6 Å². The second kappa shape index (κ2) is 5.86. The van der Waals surface area contributed by atoms with E-state index in [1.165, 1.54) is 11.8 Å². The highest BCUT2D eigenvalue weighted by atomic mass is 79.9. The van der Waals surface area contributed by atoms with Gasteiger partial charge >= 0.3 is 5.97 Å². The van der Waals surface area contributed by atoms with E-state index in [1.54, 1.807) is 19.1 Å². The van der Waals surface area contributed by atoms with Gasteiger partial charge in [0.1, 0.15) is 21.9 Å². The van der Waals surface area contributed by atoms with Crippen molar-refractivity contribution in [2.24, 2.45) is 4.99 Å². The van der Waals surface area contributed by atoms with Crippen LogP contribution in [-0.2, 0) is 9.53 Å². The van der Waals surface area contributed by atoms with Gasteiger partial charge in [-0.15, -0.1) is 0 Å². The molecule has 6 nitrogen and oxygen atoms in total. The molecule has 0 atom stereocenters. The summed E-state index contributed by atoms with van der Waals surface area (Å²) in [5, 5.41) is 11.4. The Bertz CT molecular complexity index is 918. The van der Waals surface area contributed by atoms with E-state index in [2.05, 4.69) is 20.9 Å². The van der Waals surface area contributed by atoms with Gasteiger partial charge < -0.3 is 19.2 Å². The summed E-state index contributed by atoms with van der Waals surface area (Å²) >= 11 is 4.68. The molecule has 0 aliphatic carbocycles. The van der Waals surface area contributed by atoms with Crippen molar-refractivity contribution in [1.82, 2.24) is 4.90 Å². The maximum absolute atomic E-state index is 12.3. The summed E-state index contributed by atoms with van der Waals surface area (Å²) in [5.74, 6) is 0.314. The molecule has 0 bridgehead atoms. The Morgan fingerprint density at radius 2 is 2.38 bits per heavy atom. The number of fused-ring (bicyclic) bond motifs is 2. The van der Waals surface area contributed by atoms with E-state index < -0.39 is 0 Å². The fraction of sp³-hybridized carbons (Fsp3) is 0.250. The molecule has 1 aromatic heterocycles. The number of hydrogen-bond acceptors (Lipinski definition) is 7. The Labute approximate surface area is 150 Å². The monoisotopic (exact) mass is 408 g/mol. The molecule has 0 amide bonds. The van der Waals surface area contributed by atoms with Gasteiger partial charge in [-0.2, -0.15) is 0 Å². The lowest BCUT2D eigenvalue weighted by Gasteiger charge is -2.14. The number of hydrogen-bond donors (Lipinski definition) is 1. The molecule has 2 aromatic rings. The van der Waals surface area contributed by atoms with Crippen LogP contribution in [0.2, 0.25) is 0 Å². The smallest absolute Gasteiger partial charge is 0.347 e. The lowest BCUT2D eigenvalue weighted by molar-refractivity contribution is -0.137. The first kappa shape index (κ1) is 15.6. The minimum atomic E-state index is -0.378. The molecule has 0 unspecified atom stereocenters. The SMILES string of the molecule is CCOC(=O)C1=C(c2cc3c(Br)c(O)ccc3o2)N2CCN=C2S1. The molecule has 3 heterocycles. The summed E-state index contributed by atoms with van der Waals surface area (Å²) in [4.78, 5) is 19.2. The lowest BCUT2D eigenvalue weighted by atomic mass is 10.2. The van der Waals surface area contributed by atoms with Crippen LogP contribution in [0.4, 0.5) is 0 Å². The third-order valence-corrected chi connectivity index (χ3v) is 5.72. The summed E-state index contributed by atoms with van der Waals surface area (Å²) in [5.41, 5.74) is 1.30. The molecule has 2 aliphatic heterocycles. The number of phenols is 1. The number of carbonyl (C=O) groups excluding carboxylic acids is 1. The number of carbonyl (C=O) groups is 1. The molecule has 1 aromatic carbocycles. The zero-order valence-corrected chi connectivity index (χ0v) is 15.1. The van der Waals surface area contributed by atoms with Crippen molar-refractivity contribution in [2.45, 2.75) is 6.92 Å². The number of halogens is 1. The molecule has 4 rings (SSSR count). The quantitative estimate of drug-likeness (QED) is 0.782. The second-order valence-corrected chi connectivity index (χ2v) is 7.01. The summed E-state index contributed by atoms with van der Waals surface area (Å²) in [6.45, 7) is 3.47. The Morgan fingerprint density at radius 1 is 1.54 bits per heavy atom. The van der Waals surface area contributed by atoms with Crippen LogP contribution >= 0.6 is 27.7 Å². The molecule has 24 heavy (non-hydrogen) atoms. The van der Waals surface area contributed by atoms with Crippen LogP contribution in [0.5, 0.6) is 5.75 Å². The summed E-state index contributed by atoms with van der Waals surface area (Å²) in [6.07, 6.45) is 0. The second-order valence-electron chi connectivity index (χ2n) is 5.24. The predicted molar refractivity (Wildman–Crippen MR) is 95.7 cm³/mol. The number of phenolic OH excluding ortho intramolecular Hbond substituents is 1. The number of furan rings is 1. The highest BCUT2D eigenvalue weighted by molar-refractivity contribution is 9.10. The number of amidine groups is 1. The minimum absolute atomic E-state index is 0.138. The van der Waals surface area contributed by atoms with E-state index in [0.29, 0.717) is 46.1 Å². The van der Waals surface area contributed by atoms with Crippen molar-refractivity contribution >= 4 is 55.5 Å². The van der Waals surface area contributed by atoms with Crippen LogP contribution in [0.1, 0.15) is 12.7 Å². The van der Waals surface area contributed by atoms with Gasteiger partial charge in [-0.1, -0.05) is 0 Å². The number of rotatable bonds is 3. The van der Waals surface area contributed by atoms with Crippen molar-refractivity contribution < 1.29 is 19.1 Å². The molecule has 8 heteroatoms. The zero-order valence-electron chi connectivity index (χ0n) is 12.7. The van der Waals surface area contributed by atoms with Gasteiger partial charge in [-0.25, -0.2) is 4.79 Å². The molecule has 0 fully saturated rings. The third-order valence-electron chi connectivity index (χ3n) is 3.79. The predicted octanol–water partition coefficient (Wildman–Crippen LogP) is 3.55. The van der Waals surface area contributed by atoms with Crippen LogP contribution in [0.3, 0.4) is 0 Å². The number of ether oxygens (including phenoxy) is 1. The first-order chi connectivity index (χ1) is 11.6.